The normalized spacial score (nSPS) is 33.2. The van der Waals surface area contributed by atoms with Gasteiger partial charge in [0.25, 0.3) is 0 Å². The standard InChI is InChI=1S/C9H16N2.ClH/c1-8(2)4-3-5-9(11,6-8)7-10;/h3-6,11H2,1-2H3;1H. The maximum absolute atomic E-state index is 8.81. The number of hydrogen-bond donors (Lipinski definition) is 1. The van der Waals surface area contributed by atoms with Crippen LogP contribution in [-0.4, -0.2) is 5.54 Å². The van der Waals surface area contributed by atoms with E-state index in [0.29, 0.717) is 0 Å². The van der Waals surface area contributed by atoms with E-state index in [1.807, 2.05) is 0 Å². The van der Waals surface area contributed by atoms with Crippen LogP contribution < -0.4 is 5.73 Å². The molecule has 0 aromatic rings. The number of hydrogen-bond acceptors (Lipinski definition) is 2. The number of nitriles is 1. The minimum atomic E-state index is -0.540. The molecule has 0 spiro atoms. The third-order valence-electron chi connectivity index (χ3n) is 2.49. The van der Waals surface area contributed by atoms with Gasteiger partial charge in [0.1, 0.15) is 5.54 Å². The summed E-state index contributed by atoms with van der Waals surface area (Å²) < 4.78 is 0. The predicted octanol–water partition coefficient (Wildman–Crippen LogP) is 2.23. The quantitative estimate of drug-likeness (QED) is 0.634. The molecule has 3 heteroatoms. The fourth-order valence-corrected chi connectivity index (χ4v) is 2.01. The molecule has 1 unspecified atom stereocenters. The fraction of sp³-hybridized carbons (Fsp3) is 0.889. The summed E-state index contributed by atoms with van der Waals surface area (Å²) in [5.41, 5.74) is 5.60. The Bertz CT molecular complexity index is 195. The van der Waals surface area contributed by atoms with Crippen LogP contribution in [0.2, 0.25) is 0 Å². The van der Waals surface area contributed by atoms with Gasteiger partial charge < -0.3 is 5.73 Å². The van der Waals surface area contributed by atoms with E-state index >= 15 is 0 Å². The molecule has 2 nitrogen and oxygen atoms in total. The van der Waals surface area contributed by atoms with Gasteiger partial charge in [-0.3, -0.25) is 0 Å². The molecule has 0 bridgehead atoms. The largest absolute Gasteiger partial charge is 0.313 e. The van der Waals surface area contributed by atoms with Crippen LogP contribution in [0.5, 0.6) is 0 Å². The monoisotopic (exact) mass is 188 g/mol. The highest BCUT2D eigenvalue weighted by molar-refractivity contribution is 5.85. The Morgan fingerprint density at radius 1 is 1.33 bits per heavy atom. The molecule has 0 heterocycles. The summed E-state index contributed by atoms with van der Waals surface area (Å²) in [6, 6.07) is 2.21. The molecule has 1 aliphatic rings. The number of rotatable bonds is 0. The maximum Gasteiger partial charge on any atom is 0.104 e. The van der Waals surface area contributed by atoms with Crippen LogP contribution in [0.4, 0.5) is 0 Å². The topological polar surface area (TPSA) is 49.8 Å². The molecular formula is C9H17ClN2. The van der Waals surface area contributed by atoms with Crippen molar-refractivity contribution in [2.45, 2.75) is 45.1 Å². The molecule has 70 valence electrons. The molecular weight excluding hydrogens is 172 g/mol. The highest BCUT2D eigenvalue weighted by atomic mass is 35.5. The van der Waals surface area contributed by atoms with Crippen molar-refractivity contribution in [1.29, 1.82) is 5.26 Å². The highest BCUT2D eigenvalue weighted by Gasteiger charge is 2.36. The molecule has 0 aromatic heterocycles. The lowest BCUT2D eigenvalue weighted by Gasteiger charge is -2.38. The van der Waals surface area contributed by atoms with Crippen LogP contribution >= 0.6 is 12.4 Å². The van der Waals surface area contributed by atoms with Gasteiger partial charge in [0.15, 0.2) is 0 Å². The number of nitrogens with zero attached hydrogens (tertiary/aromatic N) is 1. The second kappa shape index (κ2) is 3.64. The molecule has 0 saturated heterocycles. The Kier molecular flexibility index (Phi) is 3.56. The summed E-state index contributed by atoms with van der Waals surface area (Å²) in [7, 11) is 0. The maximum atomic E-state index is 8.81. The zero-order chi connectivity index (χ0) is 8.54. The second-order valence-electron chi connectivity index (χ2n) is 4.46. The molecule has 0 aliphatic heterocycles. The molecule has 0 aromatic carbocycles. The van der Waals surface area contributed by atoms with Gasteiger partial charge in [0.2, 0.25) is 0 Å². The molecule has 1 aliphatic carbocycles. The molecule has 2 N–H and O–H groups in total. The van der Waals surface area contributed by atoms with Crippen LogP contribution in [0, 0.1) is 16.7 Å². The minimum Gasteiger partial charge on any atom is -0.313 e. The van der Waals surface area contributed by atoms with Gasteiger partial charge in [-0.2, -0.15) is 5.26 Å². The van der Waals surface area contributed by atoms with E-state index in [-0.39, 0.29) is 17.8 Å². The third kappa shape index (κ3) is 2.66. The predicted molar refractivity (Wildman–Crippen MR) is 52.0 cm³/mol. The summed E-state index contributed by atoms with van der Waals surface area (Å²) in [6.07, 6.45) is 4.01. The van der Waals surface area contributed by atoms with Crippen LogP contribution in [0.25, 0.3) is 0 Å². The lowest BCUT2D eigenvalue weighted by molar-refractivity contribution is 0.186. The van der Waals surface area contributed by atoms with Crippen molar-refractivity contribution in [3.63, 3.8) is 0 Å². The van der Waals surface area contributed by atoms with E-state index in [1.165, 1.54) is 6.42 Å². The molecule has 1 atom stereocenters. The molecule has 1 saturated carbocycles. The zero-order valence-electron chi connectivity index (χ0n) is 7.76. The summed E-state index contributed by atoms with van der Waals surface area (Å²) in [5.74, 6) is 0. The van der Waals surface area contributed by atoms with Crippen LogP contribution in [-0.2, 0) is 0 Å². The van der Waals surface area contributed by atoms with Gasteiger partial charge >= 0.3 is 0 Å². The van der Waals surface area contributed by atoms with Crippen molar-refractivity contribution >= 4 is 12.4 Å². The Labute approximate surface area is 80.5 Å². The lowest BCUT2D eigenvalue weighted by Crippen LogP contribution is -2.45. The first kappa shape index (κ1) is 11.7. The van der Waals surface area contributed by atoms with E-state index < -0.39 is 5.54 Å². The molecule has 1 rings (SSSR count). The Morgan fingerprint density at radius 2 is 1.92 bits per heavy atom. The first-order valence-electron chi connectivity index (χ1n) is 4.18. The summed E-state index contributed by atoms with van der Waals surface area (Å²) >= 11 is 0. The van der Waals surface area contributed by atoms with Gasteiger partial charge in [-0.25, -0.2) is 0 Å². The minimum absolute atomic E-state index is 0. The summed E-state index contributed by atoms with van der Waals surface area (Å²) in [5, 5.41) is 8.81. The van der Waals surface area contributed by atoms with E-state index in [0.717, 1.165) is 19.3 Å². The summed E-state index contributed by atoms with van der Waals surface area (Å²) in [4.78, 5) is 0. The van der Waals surface area contributed by atoms with Crippen LogP contribution in [0.3, 0.4) is 0 Å². The zero-order valence-corrected chi connectivity index (χ0v) is 8.58. The van der Waals surface area contributed by atoms with Crippen LogP contribution in [0.15, 0.2) is 0 Å². The van der Waals surface area contributed by atoms with Crippen molar-refractivity contribution in [2.24, 2.45) is 11.1 Å². The molecule has 12 heavy (non-hydrogen) atoms. The SMILES string of the molecule is CC1(C)CCCC(N)(C#N)C1.Cl. The smallest absolute Gasteiger partial charge is 0.104 e. The van der Waals surface area contributed by atoms with E-state index in [1.54, 1.807) is 0 Å². The summed E-state index contributed by atoms with van der Waals surface area (Å²) in [6.45, 7) is 4.37. The number of halogens is 1. The van der Waals surface area contributed by atoms with Gasteiger partial charge in [0.05, 0.1) is 6.07 Å². The molecule has 1 fully saturated rings. The first-order chi connectivity index (χ1) is 4.97. The molecule has 0 radical (unpaired) electrons. The van der Waals surface area contributed by atoms with Crippen molar-refractivity contribution in [1.82, 2.24) is 0 Å². The average Bonchev–Trinajstić information content (AvgIpc) is 1.85. The third-order valence-corrected chi connectivity index (χ3v) is 2.49. The first-order valence-corrected chi connectivity index (χ1v) is 4.18. The van der Waals surface area contributed by atoms with Crippen molar-refractivity contribution in [3.8, 4) is 6.07 Å². The lowest BCUT2D eigenvalue weighted by atomic mass is 9.69. The highest BCUT2D eigenvalue weighted by Crippen LogP contribution is 2.39. The van der Waals surface area contributed by atoms with E-state index in [9.17, 15) is 0 Å². The molecule has 0 amide bonds. The Balaban J connectivity index is 0.00000121. The average molecular weight is 189 g/mol. The van der Waals surface area contributed by atoms with Gasteiger partial charge in [-0.15, -0.1) is 12.4 Å². The van der Waals surface area contributed by atoms with Crippen LogP contribution in [0.1, 0.15) is 39.5 Å². The van der Waals surface area contributed by atoms with Crippen molar-refractivity contribution in [2.75, 3.05) is 0 Å². The van der Waals surface area contributed by atoms with Gasteiger partial charge in [-0.05, 0) is 24.7 Å². The van der Waals surface area contributed by atoms with E-state index in [4.69, 9.17) is 11.0 Å². The fourth-order valence-electron chi connectivity index (χ4n) is 2.01. The van der Waals surface area contributed by atoms with E-state index in [2.05, 4.69) is 19.9 Å². The Morgan fingerprint density at radius 3 is 2.25 bits per heavy atom. The second-order valence-corrected chi connectivity index (χ2v) is 4.46. The Hall–Kier alpha value is -0.260. The van der Waals surface area contributed by atoms with Gasteiger partial charge in [0, 0.05) is 0 Å². The van der Waals surface area contributed by atoms with Gasteiger partial charge in [-0.1, -0.05) is 20.3 Å². The van der Waals surface area contributed by atoms with Crippen molar-refractivity contribution in [3.05, 3.63) is 0 Å². The van der Waals surface area contributed by atoms with Crippen molar-refractivity contribution < 1.29 is 0 Å². The number of nitrogens with two attached hydrogens (primary N) is 1.